The first-order valence-electron chi connectivity index (χ1n) is 9.49. The average molecular weight is 394 g/mol. The molecule has 0 aliphatic carbocycles. The molecule has 3 rings (SSSR count). The van der Waals surface area contributed by atoms with Gasteiger partial charge in [0.15, 0.2) is 0 Å². The van der Waals surface area contributed by atoms with Crippen LogP contribution in [0, 0.1) is 0 Å². The zero-order chi connectivity index (χ0) is 21.2. The Kier molecular flexibility index (Phi) is 5.64. The number of carbonyl (C=O) groups excluding carboxylic acids is 1. The molecular weight excluding hydrogens is 368 g/mol. The van der Waals surface area contributed by atoms with E-state index in [1.807, 2.05) is 55.5 Å². The number of fused-ring (bicyclic) bond motifs is 1. The number of hydrogen-bond acceptors (Lipinski definition) is 4. The van der Waals surface area contributed by atoms with E-state index in [9.17, 15) is 9.59 Å². The Morgan fingerprint density at radius 1 is 1.07 bits per heavy atom. The number of aromatic nitrogens is 1. The SMILES string of the molecule is COc1cccc2cc([C@H](C)NC(=O)OC(C)(C)C)n(-c3ccccc3)c(=O)c12. The van der Waals surface area contributed by atoms with Gasteiger partial charge in [-0.1, -0.05) is 30.3 Å². The Morgan fingerprint density at radius 3 is 2.38 bits per heavy atom. The predicted octanol–water partition coefficient (Wildman–Crippen LogP) is 4.59. The number of alkyl carbamates (subject to hydrolysis) is 1. The number of nitrogens with one attached hydrogen (secondary N) is 1. The number of para-hydroxylation sites is 1. The Hall–Kier alpha value is -3.28. The van der Waals surface area contributed by atoms with E-state index in [-0.39, 0.29) is 5.56 Å². The topological polar surface area (TPSA) is 69.6 Å². The van der Waals surface area contributed by atoms with Crippen LogP contribution in [0.2, 0.25) is 0 Å². The Balaban J connectivity index is 2.18. The summed E-state index contributed by atoms with van der Waals surface area (Å²) in [6.45, 7) is 7.24. The molecule has 0 fully saturated rings. The van der Waals surface area contributed by atoms with Crippen molar-refractivity contribution in [3.63, 3.8) is 0 Å². The molecule has 1 atom stereocenters. The summed E-state index contributed by atoms with van der Waals surface area (Å²) in [7, 11) is 1.54. The number of rotatable bonds is 4. The fourth-order valence-corrected chi connectivity index (χ4v) is 3.24. The summed E-state index contributed by atoms with van der Waals surface area (Å²) in [5.41, 5.74) is 0.532. The lowest BCUT2D eigenvalue weighted by Gasteiger charge is -2.24. The van der Waals surface area contributed by atoms with E-state index in [0.717, 1.165) is 5.39 Å². The van der Waals surface area contributed by atoms with Crippen molar-refractivity contribution >= 4 is 16.9 Å². The summed E-state index contributed by atoms with van der Waals surface area (Å²) in [5, 5.41) is 4.07. The fourth-order valence-electron chi connectivity index (χ4n) is 3.24. The normalized spacial score (nSPS) is 12.4. The minimum Gasteiger partial charge on any atom is -0.496 e. The van der Waals surface area contributed by atoms with Crippen LogP contribution in [0.1, 0.15) is 39.4 Å². The fraction of sp³-hybridized carbons (Fsp3) is 0.304. The lowest BCUT2D eigenvalue weighted by molar-refractivity contribution is 0.0506. The van der Waals surface area contributed by atoms with Gasteiger partial charge in [0, 0.05) is 11.4 Å². The average Bonchev–Trinajstić information content (AvgIpc) is 2.66. The zero-order valence-electron chi connectivity index (χ0n) is 17.4. The summed E-state index contributed by atoms with van der Waals surface area (Å²) < 4.78 is 12.4. The summed E-state index contributed by atoms with van der Waals surface area (Å²) in [6.07, 6.45) is -0.539. The third kappa shape index (κ3) is 4.42. The molecule has 0 aliphatic heterocycles. The van der Waals surface area contributed by atoms with E-state index in [1.54, 1.807) is 38.5 Å². The molecule has 1 aromatic heterocycles. The summed E-state index contributed by atoms with van der Waals surface area (Å²) in [4.78, 5) is 25.8. The highest BCUT2D eigenvalue weighted by atomic mass is 16.6. The molecule has 1 heterocycles. The number of methoxy groups -OCH3 is 1. The van der Waals surface area contributed by atoms with Crippen molar-refractivity contribution in [3.8, 4) is 11.4 Å². The number of carbonyl (C=O) groups is 1. The Bertz CT molecular complexity index is 1080. The largest absolute Gasteiger partial charge is 0.496 e. The quantitative estimate of drug-likeness (QED) is 0.703. The molecule has 6 nitrogen and oxygen atoms in total. The molecule has 2 aromatic carbocycles. The molecule has 152 valence electrons. The van der Waals surface area contributed by atoms with Crippen LogP contribution >= 0.6 is 0 Å². The molecule has 0 saturated carbocycles. The van der Waals surface area contributed by atoms with Crippen molar-refractivity contribution < 1.29 is 14.3 Å². The predicted molar refractivity (Wildman–Crippen MR) is 114 cm³/mol. The summed E-state index contributed by atoms with van der Waals surface area (Å²) in [6, 6.07) is 16.2. The number of nitrogens with zero attached hydrogens (tertiary/aromatic N) is 1. The second-order valence-electron chi connectivity index (χ2n) is 7.84. The van der Waals surface area contributed by atoms with Crippen molar-refractivity contribution in [3.05, 3.63) is 70.6 Å². The molecule has 0 aliphatic rings. The van der Waals surface area contributed by atoms with Crippen LogP contribution in [0.15, 0.2) is 59.4 Å². The van der Waals surface area contributed by atoms with Crippen molar-refractivity contribution in [1.29, 1.82) is 0 Å². The standard InChI is InChI=1S/C23H26N2O4/c1-15(24-22(27)29-23(2,3)4)18-14-16-10-9-13-19(28-5)20(16)21(26)25(18)17-11-7-6-8-12-17/h6-15H,1-5H3,(H,24,27)/t15-/m0/s1. The number of ether oxygens (including phenoxy) is 2. The van der Waals surface area contributed by atoms with Crippen LogP contribution in [0.25, 0.3) is 16.5 Å². The zero-order valence-corrected chi connectivity index (χ0v) is 17.4. The second kappa shape index (κ2) is 7.99. The second-order valence-corrected chi connectivity index (χ2v) is 7.84. The van der Waals surface area contributed by atoms with Crippen LogP contribution in [-0.2, 0) is 4.74 Å². The molecular formula is C23H26N2O4. The highest BCUT2D eigenvalue weighted by Gasteiger charge is 2.22. The third-order valence-corrected chi connectivity index (χ3v) is 4.45. The van der Waals surface area contributed by atoms with Gasteiger partial charge in [0.1, 0.15) is 11.4 Å². The molecule has 0 unspecified atom stereocenters. The smallest absolute Gasteiger partial charge is 0.408 e. The Labute approximate surface area is 170 Å². The van der Waals surface area contributed by atoms with E-state index in [2.05, 4.69) is 5.32 Å². The minimum absolute atomic E-state index is 0.209. The first kappa shape index (κ1) is 20.5. The maximum absolute atomic E-state index is 13.5. The van der Waals surface area contributed by atoms with Gasteiger partial charge in [-0.15, -0.1) is 0 Å². The first-order valence-corrected chi connectivity index (χ1v) is 9.49. The van der Waals surface area contributed by atoms with Gasteiger partial charge >= 0.3 is 6.09 Å². The lowest BCUT2D eigenvalue weighted by atomic mass is 10.1. The van der Waals surface area contributed by atoms with Gasteiger partial charge in [-0.2, -0.15) is 0 Å². The van der Waals surface area contributed by atoms with E-state index in [4.69, 9.17) is 9.47 Å². The van der Waals surface area contributed by atoms with Crippen LogP contribution in [0.4, 0.5) is 4.79 Å². The molecule has 0 bridgehead atoms. The van der Waals surface area contributed by atoms with Gasteiger partial charge < -0.3 is 14.8 Å². The van der Waals surface area contributed by atoms with Gasteiger partial charge in [-0.3, -0.25) is 9.36 Å². The molecule has 6 heteroatoms. The van der Waals surface area contributed by atoms with Gasteiger partial charge in [-0.25, -0.2) is 4.79 Å². The molecule has 1 amide bonds. The highest BCUT2D eigenvalue weighted by molar-refractivity contribution is 5.88. The molecule has 0 radical (unpaired) electrons. The first-order chi connectivity index (χ1) is 13.7. The van der Waals surface area contributed by atoms with Crippen molar-refractivity contribution in [2.24, 2.45) is 0 Å². The van der Waals surface area contributed by atoms with E-state index in [1.165, 1.54) is 0 Å². The van der Waals surface area contributed by atoms with Gasteiger partial charge in [0.25, 0.3) is 5.56 Å². The van der Waals surface area contributed by atoms with Crippen LogP contribution in [0.5, 0.6) is 5.75 Å². The number of hydrogen-bond donors (Lipinski definition) is 1. The van der Waals surface area contributed by atoms with E-state index >= 15 is 0 Å². The highest BCUT2D eigenvalue weighted by Crippen LogP contribution is 2.26. The van der Waals surface area contributed by atoms with Crippen LogP contribution in [0.3, 0.4) is 0 Å². The summed E-state index contributed by atoms with van der Waals surface area (Å²) >= 11 is 0. The van der Waals surface area contributed by atoms with Crippen molar-refractivity contribution in [2.75, 3.05) is 7.11 Å². The van der Waals surface area contributed by atoms with Crippen molar-refractivity contribution in [1.82, 2.24) is 9.88 Å². The number of pyridine rings is 1. The van der Waals surface area contributed by atoms with Gasteiger partial charge in [0.2, 0.25) is 0 Å². The third-order valence-electron chi connectivity index (χ3n) is 4.45. The number of amides is 1. The Morgan fingerprint density at radius 2 is 1.76 bits per heavy atom. The van der Waals surface area contributed by atoms with Gasteiger partial charge in [0.05, 0.1) is 18.5 Å². The maximum atomic E-state index is 13.5. The van der Waals surface area contributed by atoms with Gasteiger partial charge in [-0.05, 0) is 57.3 Å². The molecule has 3 aromatic rings. The van der Waals surface area contributed by atoms with E-state index < -0.39 is 17.7 Å². The lowest BCUT2D eigenvalue weighted by Crippen LogP contribution is -2.36. The molecule has 0 saturated heterocycles. The molecule has 1 N–H and O–H groups in total. The molecule has 0 spiro atoms. The number of benzene rings is 2. The van der Waals surface area contributed by atoms with Crippen LogP contribution in [-0.4, -0.2) is 23.4 Å². The van der Waals surface area contributed by atoms with Crippen molar-refractivity contribution in [2.45, 2.75) is 39.3 Å². The summed E-state index contributed by atoms with van der Waals surface area (Å²) in [5.74, 6) is 0.511. The molecule has 29 heavy (non-hydrogen) atoms. The minimum atomic E-state index is -0.611. The van der Waals surface area contributed by atoms with E-state index in [0.29, 0.717) is 22.5 Å². The maximum Gasteiger partial charge on any atom is 0.408 e. The monoisotopic (exact) mass is 394 g/mol. The van der Waals surface area contributed by atoms with Crippen LogP contribution < -0.4 is 15.6 Å².